The number of aldehydes is 1. The molecule has 1 saturated heterocycles. The van der Waals surface area contributed by atoms with E-state index >= 15 is 0 Å². The lowest BCUT2D eigenvalue weighted by Gasteiger charge is -2.42. The van der Waals surface area contributed by atoms with Gasteiger partial charge in [-0.25, -0.2) is 0 Å². The Kier molecular flexibility index (Phi) is 3.36. The van der Waals surface area contributed by atoms with Crippen LogP contribution in [0.4, 0.5) is 0 Å². The van der Waals surface area contributed by atoms with Crippen molar-refractivity contribution in [2.75, 3.05) is 26.8 Å². The lowest BCUT2D eigenvalue weighted by molar-refractivity contribution is -0.943. The number of hydrogen-bond donors (Lipinski definition) is 0. The van der Waals surface area contributed by atoms with Gasteiger partial charge in [0.25, 0.3) is 0 Å². The average Bonchev–Trinajstić information content (AvgIpc) is 2.30. The van der Waals surface area contributed by atoms with E-state index in [-0.39, 0.29) is 6.04 Å². The van der Waals surface area contributed by atoms with E-state index in [1.165, 1.54) is 5.56 Å². The molecular weight excluding hydrogens is 202 g/mol. The van der Waals surface area contributed by atoms with Gasteiger partial charge in [-0.3, -0.25) is 4.79 Å². The molecule has 1 aliphatic heterocycles. The van der Waals surface area contributed by atoms with Crippen LogP contribution in [0.2, 0.25) is 0 Å². The van der Waals surface area contributed by atoms with E-state index in [2.05, 4.69) is 19.2 Å². The maximum Gasteiger partial charge on any atom is 0.179 e. The minimum absolute atomic E-state index is 0.0334. The summed E-state index contributed by atoms with van der Waals surface area (Å²) in [6, 6.07) is 10.3. The molecule has 3 heteroatoms. The normalized spacial score (nSPS) is 29.9. The van der Waals surface area contributed by atoms with Crippen LogP contribution in [0.15, 0.2) is 30.3 Å². The first-order chi connectivity index (χ1) is 7.74. The Morgan fingerprint density at radius 3 is 2.88 bits per heavy atom. The minimum Gasteiger partial charge on any atom is -0.369 e. The molecule has 1 aromatic rings. The number of likely N-dealkylation sites (N-methyl/N-ethyl adjacent to an activating group) is 1. The van der Waals surface area contributed by atoms with Gasteiger partial charge in [-0.2, -0.15) is 0 Å². The summed E-state index contributed by atoms with van der Waals surface area (Å²) >= 11 is 0. The SMILES string of the molecule is C[N+]1(Cc2ccccc2)CCOC[C@H]1C=O. The van der Waals surface area contributed by atoms with Gasteiger partial charge in [0.15, 0.2) is 12.3 Å². The number of nitrogens with zero attached hydrogens (tertiary/aromatic N) is 1. The molecule has 0 saturated carbocycles. The van der Waals surface area contributed by atoms with E-state index in [1.807, 2.05) is 18.2 Å². The van der Waals surface area contributed by atoms with Gasteiger partial charge in [0.05, 0.1) is 13.7 Å². The van der Waals surface area contributed by atoms with Crippen molar-refractivity contribution in [3.63, 3.8) is 0 Å². The van der Waals surface area contributed by atoms with Crippen molar-refractivity contribution >= 4 is 6.29 Å². The zero-order valence-electron chi connectivity index (χ0n) is 9.63. The molecule has 0 bridgehead atoms. The fourth-order valence-electron chi connectivity index (χ4n) is 2.21. The maximum absolute atomic E-state index is 11.1. The van der Waals surface area contributed by atoms with Crippen LogP contribution in [0.25, 0.3) is 0 Å². The molecule has 1 aromatic carbocycles. The van der Waals surface area contributed by atoms with Gasteiger partial charge in [-0.15, -0.1) is 0 Å². The molecule has 2 atom stereocenters. The highest BCUT2D eigenvalue weighted by molar-refractivity contribution is 5.56. The summed E-state index contributed by atoms with van der Waals surface area (Å²) in [5.74, 6) is 0. The molecule has 0 spiro atoms. The molecule has 0 aromatic heterocycles. The van der Waals surface area contributed by atoms with Gasteiger partial charge >= 0.3 is 0 Å². The fourth-order valence-corrected chi connectivity index (χ4v) is 2.21. The third-order valence-corrected chi connectivity index (χ3v) is 3.38. The maximum atomic E-state index is 11.1. The van der Waals surface area contributed by atoms with Crippen LogP contribution in [-0.4, -0.2) is 43.6 Å². The predicted octanol–water partition coefficient (Wildman–Crippen LogP) is 1.23. The third kappa shape index (κ3) is 2.31. The molecule has 1 unspecified atom stereocenters. The second kappa shape index (κ2) is 4.76. The van der Waals surface area contributed by atoms with E-state index in [0.717, 1.165) is 30.5 Å². The lowest BCUT2D eigenvalue weighted by atomic mass is 10.1. The lowest BCUT2D eigenvalue weighted by Crippen LogP contribution is -2.59. The number of rotatable bonds is 3. The molecule has 0 aliphatic carbocycles. The van der Waals surface area contributed by atoms with Crippen molar-refractivity contribution in [2.24, 2.45) is 0 Å². The summed E-state index contributed by atoms with van der Waals surface area (Å²) in [6.07, 6.45) is 1.03. The van der Waals surface area contributed by atoms with Crippen LogP contribution in [0.1, 0.15) is 5.56 Å². The Morgan fingerprint density at radius 1 is 1.44 bits per heavy atom. The molecule has 86 valence electrons. The van der Waals surface area contributed by atoms with Gasteiger partial charge < -0.3 is 9.22 Å². The summed E-state index contributed by atoms with van der Waals surface area (Å²) in [5.41, 5.74) is 1.28. The van der Waals surface area contributed by atoms with Crippen LogP contribution in [0.3, 0.4) is 0 Å². The monoisotopic (exact) mass is 220 g/mol. The molecule has 1 fully saturated rings. The molecule has 3 nitrogen and oxygen atoms in total. The number of ether oxygens (including phenoxy) is 1. The predicted molar refractivity (Wildman–Crippen MR) is 61.9 cm³/mol. The van der Waals surface area contributed by atoms with E-state index < -0.39 is 0 Å². The van der Waals surface area contributed by atoms with E-state index in [0.29, 0.717) is 6.61 Å². The van der Waals surface area contributed by atoms with Gasteiger partial charge in [-0.1, -0.05) is 30.3 Å². The van der Waals surface area contributed by atoms with Gasteiger partial charge in [0.1, 0.15) is 19.7 Å². The highest BCUT2D eigenvalue weighted by Gasteiger charge is 2.35. The minimum atomic E-state index is -0.0334. The summed E-state index contributed by atoms with van der Waals surface area (Å²) in [5, 5.41) is 0. The van der Waals surface area contributed by atoms with Crippen molar-refractivity contribution in [1.29, 1.82) is 0 Å². The highest BCUT2D eigenvalue weighted by Crippen LogP contribution is 2.19. The Hall–Kier alpha value is -1.19. The zero-order valence-corrected chi connectivity index (χ0v) is 9.63. The van der Waals surface area contributed by atoms with E-state index in [9.17, 15) is 4.79 Å². The zero-order chi connectivity index (χ0) is 11.4. The Morgan fingerprint density at radius 2 is 2.19 bits per heavy atom. The van der Waals surface area contributed by atoms with E-state index in [4.69, 9.17) is 4.74 Å². The first-order valence-electron chi connectivity index (χ1n) is 5.66. The second-order valence-corrected chi connectivity index (χ2v) is 4.63. The molecule has 2 rings (SSSR count). The average molecular weight is 220 g/mol. The number of hydrogen-bond acceptors (Lipinski definition) is 2. The quantitative estimate of drug-likeness (QED) is 0.566. The standard InChI is InChI=1S/C13H18NO2/c1-14(7-8-16-11-13(14)10-15)9-12-5-3-2-4-6-12/h2-6,10,13H,7-9,11H2,1H3/q+1/t13-,14?/m1/s1. The van der Waals surface area contributed by atoms with Crippen molar-refractivity contribution in [1.82, 2.24) is 0 Å². The second-order valence-electron chi connectivity index (χ2n) is 4.63. The fraction of sp³-hybridized carbons (Fsp3) is 0.462. The number of quaternary nitrogens is 1. The van der Waals surface area contributed by atoms with Crippen molar-refractivity contribution in [2.45, 2.75) is 12.6 Å². The smallest absolute Gasteiger partial charge is 0.179 e. The first-order valence-corrected chi connectivity index (χ1v) is 5.66. The molecular formula is C13H18NO2+. The van der Waals surface area contributed by atoms with Crippen LogP contribution in [0.5, 0.6) is 0 Å². The van der Waals surface area contributed by atoms with Gasteiger partial charge in [0.2, 0.25) is 0 Å². The molecule has 0 N–H and O–H groups in total. The van der Waals surface area contributed by atoms with Crippen molar-refractivity contribution in [3.05, 3.63) is 35.9 Å². The van der Waals surface area contributed by atoms with Gasteiger partial charge in [-0.05, 0) is 0 Å². The summed E-state index contributed by atoms with van der Waals surface area (Å²) in [7, 11) is 2.13. The molecule has 0 radical (unpaired) electrons. The number of carbonyl (C=O) groups excluding carboxylic acids is 1. The van der Waals surface area contributed by atoms with Crippen LogP contribution >= 0.6 is 0 Å². The Bertz CT molecular complexity index is 352. The highest BCUT2D eigenvalue weighted by atomic mass is 16.5. The molecule has 16 heavy (non-hydrogen) atoms. The van der Waals surface area contributed by atoms with Crippen molar-refractivity contribution < 1.29 is 14.0 Å². The first kappa shape index (κ1) is 11.3. The molecule has 1 heterocycles. The Labute approximate surface area is 96.2 Å². The number of carbonyl (C=O) groups is 1. The van der Waals surface area contributed by atoms with Crippen LogP contribution < -0.4 is 0 Å². The number of benzene rings is 1. The topological polar surface area (TPSA) is 26.3 Å². The summed E-state index contributed by atoms with van der Waals surface area (Å²) in [6.45, 7) is 3.09. The van der Waals surface area contributed by atoms with Crippen LogP contribution in [0, 0.1) is 0 Å². The summed E-state index contributed by atoms with van der Waals surface area (Å²) in [4.78, 5) is 11.1. The molecule has 0 amide bonds. The van der Waals surface area contributed by atoms with Gasteiger partial charge in [0, 0.05) is 5.56 Å². The summed E-state index contributed by atoms with van der Waals surface area (Å²) < 4.78 is 6.12. The largest absolute Gasteiger partial charge is 0.369 e. The van der Waals surface area contributed by atoms with Crippen LogP contribution in [-0.2, 0) is 16.1 Å². The molecule has 1 aliphatic rings. The third-order valence-electron chi connectivity index (χ3n) is 3.38. The van der Waals surface area contributed by atoms with Crippen molar-refractivity contribution in [3.8, 4) is 0 Å². The number of morpholine rings is 1. The van der Waals surface area contributed by atoms with E-state index in [1.54, 1.807) is 0 Å². The Balaban J connectivity index is 2.14.